The smallest absolute Gasteiger partial charge is 0.305 e. The van der Waals surface area contributed by atoms with E-state index in [4.69, 9.17) is 4.74 Å². The molecule has 5 unspecified atom stereocenters. The van der Waals surface area contributed by atoms with Gasteiger partial charge >= 0.3 is 4.87 Å². The molecule has 4 aromatic rings. The number of aromatic nitrogens is 1. The molecule has 2 amide bonds. The van der Waals surface area contributed by atoms with E-state index in [0.29, 0.717) is 12.3 Å². The second kappa shape index (κ2) is 9.71. The van der Waals surface area contributed by atoms with Gasteiger partial charge < -0.3 is 9.72 Å². The van der Waals surface area contributed by atoms with Crippen LogP contribution in [0.2, 0.25) is 0 Å². The molecule has 4 aliphatic rings. The number of thiazole rings is 1. The second-order valence-corrected chi connectivity index (χ2v) is 14.3. The van der Waals surface area contributed by atoms with Gasteiger partial charge in [-0.1, -0.05) is 77.1 Å². The molecule has 1 aromatic heterocycles. The Hall–Kier alpha value is -3.62. The number of carbonyl (C=O) groups excluding carboxylic acids is 2. The lowest BCUT2D eigenvalue weighted by molar-refractivity contribution is -0.123. The maximum atomic E-state index is 14.0. The fourth-order valence-electron chi connectivity index (χ4n) is 8.03. The summed E-state index contributed by atoms with van der Waals surface area (Å²) in [5, 5.41) is 1.04. The van der Waals surface area contributed by atoms with E-state index in [9.17, 15) is 14.4 Å². The molecule has 1 N–H and O–H groups in total. The second-order valence-electron chi connectivity index (χ2n) is 12.1. The van der Waals surface area contributed by atoms with Crippen LogP contribution in [0.5, 0.6) is 5.75 Å². The van der Waals surface area contributed by atoms with Crippen molar-refractivity contribution in [2.24, 2.45) is 29.6 Å². The summed E-state index contributed by atoms with van der Waals surface area (Å²) in [6.07, 6.45) is 0.860. The normalized spacial score (nSPS) is 29.0. The minimum atomic E-state index is -0.328. The van der Waals surface area contributed by atoms with Crippen molar-refractivity contribution in [1.29, 1.82) is 0 Å². The van der Waals surface area contributed by atoms with Crippen molar-refractivity contribution in [3.63, 3.8) is 0 Å². The van der Waals surface area contributed by atoms with E-state index in [1.165, 1.54) is 21.8 Å². The van der Waals surface area contributed by atoms with E-state index in [1.54, 1.807) is 11.8 Å². The van der Waals surface area contributed by atoms with Gasteiger partial charge in [-0.15, -0.1) is 11.8 Å². The number of imide groups is 1. The van der Waals surface area contributed by atoms with Crippen LogP contribution in [0.1, 0.15) is 39.5 Å². The fourth-order valence-corrected chi connectivity index (χ4v) is 10.9. The summed E-state index contributed by atoms with van der Waals surface area (Å²) in [5.74, 6) is 0.213. The molecule has 1 saturated heterocycles. The average Bonchev–Trinajstić information content (AvgIpc) is 3.72. The summed E-state index contributed by atoms with van der Waals surface area (Å²) < 4.78 is 6.46. The van der Waals surface area contributed by atoms with Crippen molar-refractivity contribution < 1.29 is 14.3 Å². The molecule has 2 bridgehead atoms. The highest BCUT2D eigenvalue weighted by molar-refractivity contribution is 8.00. The standard InChI is InChI=1S/C34H30N2O4S2/c1-17-7-11-19(12-8-17)16-40-24-6-4-3-5-21(24)25-26-22-15-23(29(26)41-31-30(25)42-34(39)35-31)28-27(22)32(37)36(33(28)38)20-13-9-18(2)10-14-20/h3-14,22-23,25-29H,15-16H2,1-2H3,(H,35,39)/t22-,23-,25?,26?,27?,28?,29?/m1/s1. The summed E-state index contributed by atoms with van der Waals surface area (Å²) in [7, 11) is 0. The lowest BCUT2D eigenvalue weighted by Crippen LogP contribution is -2.42. The molecule has 3 heterocycles. The largest absolute Gasteiger partial charge is 0.489 e. The number of anilines is 1. The van der Waals surface area contributed by atoms with Gasteiger partial charge in [-0.05, 0) is 61.8 Å². The highest BCUT2D eigenvalue weighted by atomic mass is 32.2. The summed E-state index contributed by atoms with van der Waals surface area (Å²) in [4.78, 5) is 46.0. The highest BCUT2D eigenvalue weighted by Gasteiger charge is 2.69. The van der Waals surface area contributed by atoms with Gasteiger partial charge in [-0.3, -0.25) is 19.3 Å². The third-order valence-electron chi connectivity index (χ3n) is 9.79. The predicted octanol–water partition coefficient (Wildman–Crippen LogP) is 6.31. The number of carbonyl (C=O) groups is 2. The van der Waals surface area contributed by atoms with Crippen molar-refractivity contribution in [2.45, 2.75) is 43.1 Å². The quantitative estimate of drug-likeness (QED) is 0.274. The number of benzene rings is 3. The maximum absolute atomic E-state index is 14.0. The van der Waals surface area contributed by atoms with Crippen LogP contribution in [0.25, 0.3) is 0 Å². The Labute approximate surface area is 252 Å². The Morgan fingerprint density at radius 1 is 0.857 bits per heavy atom. The van der Waals surface area contributed by atoms with E-state index in [-0.39, 0.29) is 57.4 Å². The van der Waals surface area contributed by atoms with Gasteiger partial charge in [-0.25, -0.2) is 0 Å². The van der Waals surface area contributed by atoms with E-state index < -0.39 is 0 Å². The Bertz CT molecular complexity index is 1780. The van der Waals surface area contributed by atoms with Crippen LogP contribution in [0, 0.1) is 43.4 Å². The first-order chi connectivity index (χ1) is 20.4. The number of hydrogen-bond acceptors (Lipinski definition) is 6. The first-order valence-electron chi connectivity index (χ1n) is 14.5. The van der Waals surface area contributed by atoms with Gasteiger partial charge in [0.2, 0.25) is 11.8 Å². The molecule has 3 fully saturated rings. The van der Waals surface area contributed by atoms with Crippen LogP contribution < -0.4 is 14.5 Å². The third kappa shape index (κ3) is 3.88. The highest BCUT2D eigenvalue weighted by Crippen LogP contribution is 2.69. The van der Waals surface area contributed by atoms with E-state index in [0.717, 1.165) is 38.8 Å². The van der Waals surface area contributed by atoms with Crippen LogP contribution in [0.4, 0.5) is 5.69 Å². The molecule has 0 radical (unpaired) electrons. The molecule has 3 aromatic carbocycles. The van der Waals surface area contributed by atoms with Crippen molar-refractivity contribution in [1.82, 2.24) is 4.98 Å². The number of amides is 2. The number of para-hydroxylation sites is 1. The molecule has 2 saturated carbocycles. The molecule has 212 valence electrons. The number of thioether (sulfide) groups is 1. The molecule has 8 rings (SSSR count). The van der Waals surface area contributed by atoms with Gasteiger partial charge in [0.25, 0.3) is 0 Å². The number of fused-ring (bicyclic) bond motifs is 9. The van der Waals surface area contributed by atoms with E-state index >= 15 is 0 Å². The zero-order valence-corrected chi connectivity index (χ0v) is 24.9. The van der Waals surface area contributed by atoms with Crippen molar-refractivity contribution in [3.05, 3.63) is 110 Å². The zero-order chi connectivity index (χ0) is 28.7. The summed E-state index contributed by atoms with van der Waals surface area (Å²) in [6.45, 7) is 4.51. The van der Waals surface area contributed by atoms with Crippen molar-refractivity contribution in [3.8, 4) is 5.75 Å². The minimum absolute atomic E-state index is 0.0601. The fraction of sp³-hybridized carbons (Fsp3) is 0.324. The average molecular weight is 595 g/mol. The molecular formula is C34H30N2O4S2. The summed E-state index contributed by atoms with van der Waals surface area (Å²) in [5.41, 5.74) is 5.10. The number of nitrogens with zero attached hydrogens (tertiary/aromatic N) is 1. The van der Waals surface area contributed by atoms with Gasteiger partial charge in [0, 0.05) is 21.6 Å². The molecule has 8 heteroatoms. The molecule has 6 nitrogen and oxygen atoms in total. The van der Waals surface area contributed by atoms with Crippen LogP contribution in [-0.4, -0.2) is 22.0 Å². The molecular weight excluding hydrogens is 565 g/mol. The summed E-state index contributed by atoms with van der Waals surface area (Å²) >= 11 is 2.98. The monoisotopic (exact) mass is 594 g/mol. The molecule has 42 heavy (non-hydrogen) atoms. The van der Waals surface area contributed by atoms with Gasteiger partial charge in [0.15, 0.2) is 0 Å². The van der Waals surface area contributed by atoms with Crippen molar-refractivity contribution >= 4 is 40.6 Å². The van der Waals surface area contributed by atoms with E-state index in [1.807, 2.05) is 49.4 Å². The predicted molar refractivity (Wildman–Crippen MR) is 164 cm³/mol. The SMILES string of the molecule is Cc1ccc(COc2ccccc2C2c3sc(=O)[nH]c3SC3C2[C@H]2C[C@@H]3C3C(=O)N(c4ccc(C)cc4)C(=O)C32)cc1. The topological polar surface area (TPSA) is 79.5 Å². The lowest BCUT2D eigenvalue weighted by Gasteiger charge is -2.43. The van der Waals surface area contributed by atoms with Crippen LogP contribution >= 0.6 is 23.1 Å². The number of aryl methyl sites for hydroxylation is 2. The molecule has 2 aliphatic carbocycles. The Balaban J connectivity index is 1.18. The van der Waals surface area contributed by atoms with Gasteiger partial charge in [0.05, 0.1) is 22.5 Å². The first kappa shape index (κ1) is 26.0. The maximum Gasteiger partial charge on any atom is 0.305 e. The number of H-pyrrole nitrogens is 1. The zero-order valence-electron chi connectivity index (χ0n) is 23.3. The first-order valence-corrected chi connectivity index (χ1v) is 16.2. The number of aromatic amines is 1. The molecule has 7 atom stereocenters. The van der Waals surface area contributed by atoms with Crippen LogP contribution in [0.15, 0.2) is 82.6 Å². The Morgan fingerprint density at radius 2 is 1.52 bits per heavy atom. The minimum Gasteiger partial charge on any atom is -0.489 e. The molecule has 2 aliphatic heterocycles. The Kier molecular flexibility index (Phi) is 6.02. The molecule has 0 spiro atoms. The van der Waals surface area contributed by atoms with Gasteiger partial charge in [-0.2, -0.15) is 0 Å². The van der Waals surface area contributed by atoms with Crippen molar-refractivity contribution in [2.75, 3.05) is 4.90 Å². The van der Waals surface area contributed by atoms with Crippen LogP contribution in [0.3, 0.4) is 0 Å². The number of rotatable bonds is 5. The summed E-state index contributed by atoms with van der Waals surface area (Å²) in [6, 6.07) is 24.1. The van der Waals surface area contributed by atoms with Crippen LogP contribution in [-0.2, 0) is 16.2 Å². The van der Waals surface area contributed by atoms with Gasteiger partial charge in [0.1, 0.15) is 12.4 Å². The third-order valence-corrected chi connectivity index (χ3v) is 12.4. The number of nitrogens with one attached hydrogen (secondary N) is 1. The lowest BCUT2D eigenvalue weighted by atomic mass is 9.68. The Morgan fingerprint density at radius 3 is 2.26 bits per heavy atom. The van der Waals surface area contributed by atoms with E-state index in [2.05, 4.69) is 42.2 Å². The number of ether oxygens (including phenoxy) is 1. The number of hydrogen-bond donors (Lipinski definition) is 1.